The van der Waals surface area contributed by atoms with Crippen molar-refractivity contribution in [1.29, 1.82) is 0 Å². The SMILES string of the molecule is CN(CCCCCC(C)(C)CN(C[C@@H](O)[C@H](Cc1ccccc1)NC(=O)O[C@H]1CO[C@H]2OCC[C@H]21)S(=O)(=O)c1ccc2c(c1)OCO2)C(=O)[O-]. The van der Waals surface area contributed by atoms with E-state index in [0.717, 1.165) is 23.3 Å². The van der Waals surface area contributed by atoms with Crippen LogP contribution >= 0.6 is 0 Å². The summed E-state index contributed by atoms with van der Waals surface area (Å²) in [7, 11) is -2.72. The highest BCUT2D eigenvalue weighted by molar-refractivity contribution is 7.89. The predicted molar refractivity (Wildman–Crippen MR) is 179 cm³/mol. The van der Waals surface area contributed by atoms with Crippen molar-refractivity contribution < 1.29 is 51.9 Å². The van der Waals surface area contributed by atoms with Crippen LogP contribution in [-0.2, 0) is 30.7 Å². The number of carbonyl (C=O) groups excluding carboxylic acids is 2. The van der Waals surface area contributed by atoms with Gasteiger partial charge in [0.25, 0.3) is 0 Å². The Balaban J connectivity index is 1.33. The van der Waals surface area contributed by atoms with E-state index >= 15 is 0 Å². The lowest BCUT2D eigenvalue weighted by Gasteiger charge is -2.35. The molecule has 0 aliphatic carbocycles. The lowest BCUT2D eigenvalue weighted by atomic mass is 9.86. The van der Waals surface area contributed by atoms with Crippen LogP contribution in [-0.4, -0.2) is 106 Å². The van der Waals surface area contributed by atoms with Gasteiger partial charge in [-0.3, -0.25) is 0 Å². The van der Waals surface area contributed by atoms with Crippen LogP contribution in [0.2, 0.25) is 0 Å². The molecule has 0 radical (unpaired) electrons. The van der Waals surface area contributed by atoms with Crippen molar-refractivity contribution in [2.75, 3.05) is 46.7 Å². The summed E-state index contributed by atoms with van der Waals surface area (Å²) in [6.07, 6.45) is -0.520. The minimum absolute atomic E-state index is 0.0165. The van der Waals surface area contributed by atoms with Crippen molar-refractivity contribution in [1.82, 2.24) is 14.5 Å². The van der Waals surface area contributed by atoms with Crippen molar-refractivity contribution >= 4 is 22.2 Å². The highest BCUT2D eigenvalue weighted by Gasteiger charge is 2.44. The van der Waals surface area contributed by atoms with E-state index in [1.807, 2.05) is 44.2 Å². The number of nitrogens with one attached hydrogen (secondary N) is 1. The van der Waals surface area contributed by atoms with Gasteiger partial charge in [-0.2, -0.15) is 4.31 Å². The van der Waals surface area contributed by atoms with Gasteiger partial charge in [-0.05, 0) is 48.8 Å². The van der Waals surface area contributed by atoms with Gasteiger partial charge in [0.15, 0.2) is 17.8 Å². The van der Waals surface area contributed by atoms with Gasteiger partial charge < -0.3 is 48.9 Å². The Kier molecular flexibility index (Phi) is 12.5. The Labute approximate surface area is 293 Å². The molecule has 2 amide bonds. The van der Waals surface area contributed by atoms with E-state index in [1.54, 1.807) is 6.07 Å². The first-order chi connectivity index (χ1) is 23.8. The molecule has 0 spiro atoms. The highest BCUT2D eigenvalue weighted by Crippen LogP contribution is 2.36. The van der Waals surface area contributed by atoms with E-state index < -0.39 is 52.2 Å². The van der Waals surface area contributed by atoms with Gasteiger partial charge in [-0.25, -0.2) is 13.2 Å². The maximum Gasteiger partial charge on any atom is 0.407 e. The van der Waals surface area contributed by atoms with Crippen LogP contribution in [0.25, 0.3) is 0 Å². The number of aliphatic hydroxyl groups excluding tert-OH is 1. The second-order valence-electron chi connectivity index (χ2n) is 14.0. The van der Waals surface area contributed by atoms with E-state index in [1.165, 1.54) is 23.5 Å². The number of amides is 2. The fourth-order valence-electron chi connectivity index (χ4n) is 6.57. The second-order valence-corrected chi connectivity index (χ2v) is 15.9. The van der Waals surface area contributed by atoms with Crippen LogP contribution in [0.5, 0.6) is 11.5 Å². The standard InChI is InChI=1S/C35H49N3O11S/c1-35(2,15-8-5-9-16-37(3)34(41)42)22-38(50(43,44)25-12-13-29-30(19-25)48-23-47-29)20-28(39)27(18-24-10-6-4-7-11-24)36-33(40)49-31-21-46-32-26(31)14-17-45-32/h4,6-7,10-13,19,26-28,31-32,39H,5,8-9,14-18,20-23H2,1-3H3,(H,36,40)(H,41,42)/p-1/t26-,27-,28+,31-,32+/m0/s1. The molecule has 0 unspecified atom stereocenters. The van der Waals surface area contributed by atoms with Gasteiger partial charge in [0.1, 0.15) is 12.2 Å². The summed E-state index contributed by atoms with van der Waals surface area (Å²) < 4.78 is 57.6. The molecule has 0 aromatic heterocycles. The molecule has 2 aromatic rings. The van der Waals surface area contributed by atoms with Crippen LogP contribution in [0.1, 0.15) is 51.5 Å². The maximum atomic E-state index is 14.3. The zero-order valence-electron chi connectivity index (χ0n) is 28.8. The summed E-state index contributed by atoms with van der Waals surface area (Å²) in [6.45, 7) is 4.71. The Bertz CT molecular complexity index is 1560. The third-order valence-corrected chi connectivity index (χ3v) is 11.3. The third-order valence-electron chi connectivity index (χ3n) is 9.45. The number of fused-ring (bicyclic) bond motifs is 2. The molecule has 2 saturated heterocycles. The summed E-state index contributed by atoms with van der Waals surface area (Å²) in [5.74, 6) is 0.677. The minimum Gasteiger partial charge on any atom is -0.530 e. The third kappa shape index (κ3) is 9.78. The molecular weight excluding hydrogens is 670 g/mol. The zero-order valence-corrected chi connectivity index (χ0v) is 29.6. The average molecular weight is 719 g/mol. The van der Waals surface area contributed by atoms with Crippen molar-refractivity contribution in [2.24, 2.45) is 11.3 Å². The molecule has 15 heteroatoms. The molecule has 276 valence electrons. The normalized spacial score (nSPS) is 21.1. The molecule has 5 atom stereocenters. The minimum atomic E-state index is -4.19. The number of carbonyl (C=O) groups is 2. The predicted octanol–water partition coefficient (Wildman–Crippen LogP) is 2.73. The van der Waals surface area contributed by atoms with Crippen LogP contribution in [0.15, 0.2) is 53.4 Å². The summed E-state index contributed by atoms with van der Waals surface area (Å²) in [5.41, 5.74) is 0.299. The van der Waals surface area contributed by atoms with E-state index in [-0.39, 0.29) is 43.7 Å². The molecule has 2 N–H and O–H groups in total. The topological polar surface area (TPSA) is 176 Å². The number of nitrogens with zero attached hydrogens (tertiary/aromatic N) is 2. The van der Waals surface area contributed by atoms with E-state index in [9.17, 15) is 28.2 Å². The second kappa shape index (κ2) is 16.6. The molecule has 14 nitrogen and oxygen atoms in total. The number of rotatable bonds is 17. The molecule has 0 bridgehead atoms. The number of benzene rings is 2. The average Bonchev–Trinajstić information content (AvgIpc) is 3.83. The quantitative estimate of drug-likeness (QED) is 0.230. The number of hydrogen-bond acceptors (Lipinski definition) is 11. The van der Waals surface area contributed by atoms with Crippen LogP contribution in [0.4, 0.5) is 9.59 Å². The Morgan fingerprint density at radius 1 is 1.08 bits per heavy atom. The Morgan fingerprint density at radius 2 is 1.84 bits per heavy atom. The summed E-state index contributed by atoms with van der Waals surface area (Å²) in [4.78, 5) is 25.4. The van der Waals surface area contributed by atoms with Crippen LogP contribution in [0.3, 0.4) is 0 Å². The fourth-order valence-corrected chi connectivity index (χ4v) is 8.23. The maximum absolute atomic E-state index is 14.3. The van der Waals surface area contributed by atoms with Gasteiger partial charge in [-0.1, -0.05) is 57.0 Å². The molecule has 0 saturated carbocycles. The molecule has 3 aliphatic rings. The lowest BCUT2D eigenvalue weighted by Crippen LogP contribution is -2.52. The monoisotopic (exact) mass is 718 g/mol. The number of alkyl carbamates (subject to hydrolysis) is 1. The molecule has 5 rings (SSSR count). The van der Waals surface area contributed by atoms with Crippen molar-refractivity contribution in [3.63, 3.8) is 0 Å². The molecule has 3 heterocycles. The van der Waals surface area contributed by atoms with Crippen molar-refractivity contribution in [3.8, 4) is 11.5 Å². The van der Waals surface area contributed by atoms with Gasteiger partial charge >= 0.3 is 6.09 Å². The molecule has 3 aliphatic heterocycles. The van der Waals surface area contributed by atoms with Crippen LogP contribution in [0, 0.1) is 11.3 Å². The highest BCUT2D eigenvalue weighted by atomic mass is 32.2. The molecular formula is C35H48N3O11S-. The number of hydrogen-bond donors (Lipinski definition) is 2. The first-order valence-electron chi connectivity index (χ1n) is 17.1. The van der Waals surface area contributed by atoms with Gasteiger partial charge in [-0.15, -0.1) is 0 Å². The first kappa shape index (κ1) is 37.6. The zero-order chi connectivity index (χ0) is 35.9. The van der Waals surface area contributed by atoms with E-state index in [4.69, 9.17) is 23.7 Å². The smallest absolute Gasteiger partial charge is 0.407 e. The van der Waals surface area contributed by atoms with E-state index in [2.05, 4.69) is 5.32 Å². The number of unbranched alkanes of at least 4 members (excludes halogenated alkanes) is 2. The number of sulfonamides is 1. The molecule has 2 fully saturated rings. The fraction of sp³-hybridized carbons (Fsp3) is 0.600. The largest absolute Gasteiger partial charge is 0.530 e. The van der Waals surface area contributed by atoms with Crippen molar-refractivity contribution in [2.45, 2.75) is 81.8 Å². The lowest BCUT2D eigenvalue weighted by molar-refractivity contribution is -0.264. The summed E-state index contributed by atoms with van der Waals surface area (Å²) in [5, 5.41) is 25.6. The number of carboxylic acid groups (broad SMARTS) is 1. The Hall–Kier alpha value is -3.63. The molecule has 50 heavy (non-hydrogen) atoms. The Morgan fingerprint density at radius 3 is 2.60 bits per heavy atom. The van der Waals surface area contributed by atoms with Gasteiger partial charge in [0.05, 0.1) is 36.2 Å². The summed E-state index contributed by atoms with van der Waals surface area (Å²) >= 11 is 0. The van der Waals surface area contributed by atoms with Gasteiger partial charge in [0.2, 0.25) is 16.8 Å². The first-order valence-corrected chi connectivity index (χ1v) is 18.5. The van der Waals surface area contributed by atoms with Gasteiger partial charge in [0, 0.05) is 32.7 Å². The molecule has 2 aromatic carbocycles. The van der Waals surface area contributed by atoms with Crippen LogP contribution < -0.4 is 19.9 Å². The summed E-state index contributed by atoms with van der Waals surface area (Å²) in [6, 6.07) is 12.8. The number of ether oxygens (including phenoxy) is 5. The number of aliphatic hydroxyl groups is 1. The van der Waals surface area contributed by atoms with E-state index in [0.29, 0.717) is 43.9 Å². The van der Waals surface area contributed by atoms with Crippen molar-refractivity contribution in [3.05, 3.63) is 54.1 Å².